The Morgan fingerprint density at radius 3 is 2.86 bits per heavy atom. The highest BCUT2D eigenvalue weighted by molar-refractivity contribution is 5.95. The SMILES string of the molecule is Cc1[c][nH]cc1C(=O)N1CCOCC1. The molecule has 0 aromatic carbocycles. The van der Waals surface area contributed by atoms with Crippen LogP contribution >= 0.6 is 0 Å². The molecule has 0 unspecified atom stereocenters. The summed E-state index contributed by atoms with van der Waals surface area (Å²) >= 11 is 0. The Labute approximate surface area is 82.9 Å². The lowest BCUT2D eigenvalue weighted by Crippen LogP contribution is -2.40. The molecule has 4 nitrogen and oxygen atoms in total. The van der Waals surface area contributed by atoms with Gasteiger partial charge in [-0.15, -0.1) is 0 Å². The molecule has 1 N–H and O–H groups in total. The van der Waals surface area contributed by atoms with Gasteiger partial charge in [0.05, 0.1) is 25.0 Å². The van der Waals surface area contributed by atoms with Gasteiger partial charge in [0, 0.05) is 19.3 Å². The molecular weight excluding hydrogens is 180 g/mol. The standard InChI is InChI=1S/C10H13N2O2/c1-8-6-11-7-9(8)10(13)12-2-4-14-5-3-12/h7,11H,2-5H2,1H3. The second-order valence-electron chi connectivity index (χ2n) is 3.36. The molecule has 1 amide bonds. The van der Waals surface area contributed by atoms with E-state index in [9.17, 15) is 4.79 Å². The molecule has 0 bridgehead atoms. The van der Waals surface area contributed by atoms with Crippen molar-refractivity contribution in [3.63, 3.8) is 0 Å². The number of hydrogen-bond acceptors (Lipinski definition) is 2. The molecule has 1 aromatic heterocycles. The third kappa shape index (κ3) is 1.65. The van der Waals surface area contributed by atoms with Crippen LogP contribution in [0.2, 0.25) is 0 Å². The Bertz CT molecular complexity index is 327. The first-order valence-electron chi connectivity index (χ1n) is 4.71. The Morgan fingerprint density at radius 1 is 1.57 bits per heavy atom. The maximum absolute atomic E-state index is 11.9. The predicted octanol–water partition coefficient (Wildman–Crippen LogP) is 0.596. The average Bonchev–Trinajstić information content (AvgIpc) is 2.65. The van der Waals surface area contributed by atoms with Gasteiger partial charge in [0.2, 0.25) is 0 Å². The van der Waals surface area contributed by atoms with E-state index in [1.165, 1.54) is 0 Å². The second-order valence-corrected chi connectivity index (χ2v) is 3.36. The fourth-order valence-electron chi connectivity index (χ4n) is 1.55. The van der Waals surface area contributed by atoms with E-state index in [4.69, 9.17) is 4.74 Å². The number of aromatic amines is 1. The van der Waals surface area contributed by atoms with Crippen LogP contribution in [0.5, 0.6) is 0 Å². The topological polar surface area (TPSA) is 45.3 Å². The molecule has 1 aliphatic rings. The first-order chi connectivity index (χ1) is 6.79. The van der Waals surface area contributed by atoms with Crippen molar-refractivity contribution in [3.8, 4) is 0 Å². The van der Waals surface area contributed by atoms with Crippen LogP contribution in [-0.4, -0.2) is 42.1 Å². The molecule has 1 radical (unpaired) electrons. The maximum atomic E-state index is 11.9. The molecular formula is C10H13N2O2. The van der Waals surface area contributed by atoms with Crippen LogP contribution in [0.25, 0.3) is 0 Å². The van der Waals surface area contributed by atoms with E-state index < -0.39 is 0 Å². The third-order valence-corrected chi connectivity index (χ3v) is 2.41. The van der Waals surface area contributed by atoms with Crippen molar-refractivity contribution in [2.45, 2.75) is 6.92 Å². The molecule has 1 fully saturated rings. The Morgan fingerprint density at radius 2 is 2.29 bits per heavy atom. The summed E-state index contributed by atoms with van der Waals surface area (Å²) in [5.41, 5.74) is 1.59. The highest BCUT2D eigenvalue weighted by Gasteiger charge is 2.20. The van der Waals surface area contributed by atoms with Crippen molar-refractivity contribution in [3.05, 3.63) is 23.5 Å². The van der Waals surface area contributed by atoms with Crippen LogP contribution in [0.4, 0.5) is 0 Å². The van der Waals surface area contributed by atoms with Crippen LogP contribution in [-0.2, 0) is 4.74 Å². The van der Waals surface area contributed by atoms with Crippen LogP contribution in [0, 0.1) is 13.1 Å². The summed E-state index contributed by atoms with van der Waals surface area (Å²) in [5.74, 6) is 0.0725. The summed E-state index contributed by atoms with van der Waals surface area (Å²) in [6, 6.07) is 0. The molecule has 1 aromatic rings. The van der Waals surface area contributed by atoms with E-state index >= 15 is 0 Å². The quantitative estimate of drug-likeness (QED) is 0.709. The van der Waals surface area contributed by atoms with Crippen LogP contribution in [0.1, 0.15) is 15.9 Å². The zero-order valence-electron chi connectivity index (χ0n) is 8.17. The Kier molecular flexibility index (Phi) is 2.54. The minimum Gasteiger partial charge on any atom is -0.378 e. The van der Waals surface area contributed by atoms with Crippen molar-refractivity contribution in [1.82, 2.24) is 9.88 Å². The van der Waals surface area contributed by atoms with E-state index in [0.29, 0.717) is 31.9 Å². The average molecular weight is 193 g/mol. The van der Waals surface area contributed by atoms with Crippen LogP contribution in [0.15, 0.2) is 6.20 Å². The molecule has 2 rings (SSSR count). The summed E-state index contributed by atoms with van der Waals surface area (Å²) in [6.45, 7) is 4.52. The predicted molar refractivity (Wildman–Crippen MR) is 51.1 cm³/mol. The minimum atomic E-state index is 0.0725. The molecule has 14 heavy (non-hydrogen) atoms. The molecule has 1 saturated heterocycles. The molecule has 2 heterocycles. The first kappa shape index (κ1) is 9.27. The highest BCUT2D eigenvalue weighted by atomic mass is 16.5. The van der Waals surface area contributed by atoms with Gasteiger partial charge < -0.3 is 14.6 Å². The lowest BCUT2D eigenvalue weighted by atomic mass is 10.2. The molecule has 0 atom stereocenters. The number of morpholine rings is 1. The number of nitrogens with zero attached hydrogens (tertiary/aromatic N) is 1. The molecule has 0 aliphatic carbocycles. The third-order valence-electron chi connectivity index (χ3n) is 2.41. The van der Waals surface area contributed by atoms with Gasteiger partial charge >= 0.3 is 0 Å². The fourth-order valence-corrected chi connectivity index (χ4v) is 1.55. The molecule has 0 saturated carbocycles. The van der Waals surface area contributed by atoms with Gasteiger partial charge in [-0.1, -0.05) is 0 Å². The lowest BCUT2D eigenvalue weighted by Gasteiger charge is -2.26. The van der Waals surface area contributed by atoms with Crippen molar-refractivity contribution in [2.24, 2.45) is 0 Å². The fraction of sp³-hybridized carbons (Fsp3) is 0.500. The number of carbonyl (C=O) groups is 1. The van der Waals surface area contributed by atoms with E-state index in [2.05, 4.69) is 11.2 Å². The van der Waals surface area contributed by atoms with E-state index in [1.807, 2.05) is 11.8 Å². The lowest BCUT2D eigenvalue weighted by molar-refractivity contribution is 0.0302. The summed E-state index contributed by atoms with van der Waals surface area (Å²) < 4.78 is 5.19. The Hall–Kier alpha value is -1.29. The smallest absolute Gasteiger partial charge is 0.255 e. The molecule has 0 spiro atoms. The van der Waals surface area contributed by atoms with Crippen LogP contribution < -0.4 is 0 Å². The van der Waals surface area contributed by atoms with Crippen LogP contribution in [0.3, 0.4) is 0 Å². The number of rotatable bonds is 1. The minimum absolute atomic E-state index is 0.0725. The summed E-state index contributed by atoms with van der Waals surface area (Å²) in [5, 5.41) is 0. The normalized spacial score (nSPS) is 17.1. The number of hydrogen-bond donors (Lipinski definition) is 1. The number of aromatic nitrogens is 1. The summed E-state index contributed by atoms with van der Waals surface area (Å²) in [6.07, 6.45) is 4.59. The number of H-pyrrole nitrogens is 1. The molecule has 4 heteroatoms. The number of aryl methyl sites for hydroxylation is 1. The summed E-state index contributed by atoms with van der Waals surface area (Å²) in [4.78, 5) is 16.5. The monoisotopic (exact) mass is 193 g/mol. The second kappa shape index (κ2) is 3.84. The van der Waals surface area contributed by atoms with Crippen molar-refractivity contribution in [2.75, 3.05) is 26.3 Å². The zero-order chi connectivity index (χ0) is 9.97. The van der Waals surface area contributed by atoms with E-state index in [0.717, 1.165) is 5.56 Å². The number of amides is 1. The van der Waals surface area contributed by atoms with Gasteiger partial charge in [-0.05, 0) is 12.5 Å². The molecule has 1 aliphatic heterocycles. The van der Waals surface area contributed by atoms with E-state index in [1.54, 1.807) is 6.20 Å². The molecule has 75 valence electrons. The van der Waals surface area contributed by atoms with Crippen molar-refractivity contribution in [1.29, 1.82) is 0 Å². The van der Waals surface area contributed by atoms with Crippen molar-refractivity contribution < 1.29 is 9.53 Å². The van der Waals surface area contributed by atoms with Gasteiger partial charge in [0.25, 0.3) is 5.91 Å². The van der Waals surface area contributed by atoms with Gasteiger partial charge in [0.1, 0.15) is 0 Å². The highest BCUT2D eigenvalue weighted by Crippen LogP contribution is 2.10. The van der Waals surface area contributed by atoms with Gasteiger partial charge in [0.15, 0.2) is 0 Å². The van der Waals surface area contributed by atoms with E-state index in [-0.39, 0.29) is 5.91 Å². The Balaban J connectivity index is 2.11. The number of carbonyl (C=O) groups excluding carboxylic acids is 1. The zero-order valence-corrected chi connectivity index (χ0v) is 8.17. The summed E-state index contributed by atoms with van der Waals surface area (Å²) in [7, 11) is 0. The van der Waals surface area contributed by atoms with Gasteiger partial charge in [-0.3, -0.25) is 4.79 Å². The van der Waals surface area contributed by atoms with Gasteiger partial charge in [-0.25, -0.2) is 0 Å². The maximum Gasteiger partial charge on any atom is 0.255 e. The van der Waals surface area contributed by atoms with Gasteiger partial charge in [-0.2, -0.15) is 0 Å². The number of nitrogens with one attached hydrogen (secondary N) is 1. The van der Waals surface area contributed by atoms with Crippen molar-refractivity contribution >= 4 is 5.91 Å². The number of ether oxygens (including phenoxy) is 1. The largest absolute Gasteiger partial charge is 0.378 e. The first-order valence-corrected chi connectivity index (χ1v) is 4.71.